The van der Waals surface area contributed by atoms with E-state index in [0.717, 1.165) is 18.7 Å². The van der Waals surface area contributed by atoms with Crippen molar-refractivity contribution in [1.29, 1.82) is 0 Å². The number of nitrogens with zero attached hydrogens (tertiary/aromatic N) is 1. The number of nitrogens with one attached hydrogen (secondary N) is 1. The summed E-state index contributed by atoms with van der Waals surface area (Å²) >= 11 is 1.80. The van der Waals surface area contributed by atoms with Gasteiger partial charge < -0.3 is 5.32 Å². The molecule has 0 bridgehead atoms. The Hall–Kier alpha value is -2.04. The maximum absolute atomic E-state index is 12.0. The van der Waals surface area contributed by atoms with Crippen molar-refractivity contribution >= 4 is 28.8 Å². The minimum atomic E-state index is -0.0342. The molecule has 2 aliphatic rings. The molecule has 4 heteroatoms. The number of hydrogen-bond donors (Lipinski definition) is 1. The van der Waals surface area contributed by atoms with Crippen molar-refractivity contribution in [3.05, 3.63) is 59.2 Å². The highest BCUT2D eigenvalue weighted by atomic mass is 32.2. The normalized spacial score (nSPS) is 16.4. The van der Waals surface area contributed by atoms with Crippen LogP contribution in [0.3, 0.4) is 0 Å². The first kappa shape index (κ1) is 14.5. The van der Waals surface area contributed by atoms with Gasteiger partial charge in [0, 0.05) is 35.5 Å². The zero-order chi connectivity index (χ0) is 16.0. The molecule has 0 aliphatic carbocycles. The van der Waals surface area contributed by atoms with Gasteiger partial charge in [0.15, 0.2) is 0 Å². The molecule has 1 N–H and O–H groups in total. The first-order valence-electron chi connectivity index (χ1n) is 7.71. The summed E-state index contributed by atoms with van der Waals surface area (Å²) in [6.45, 7) is 1.88. The Morgan fingerprint density at radius 2 is 1.74 bits per heavy atom. The van der Waals surface area contributed by atoms with E-state index in [1.165, 1.54) is 32.1 Å². The van der Waals surface area contributed by atoms with Gasteiger partial charge in [-0.25, -0.2) is 0 Å². The van der Waals surface area contributed by atoms with Crippen LogP contribution >= 0.6 is 11.8 Å². The van der Waals surface area contributed by atoms with E-state index >= 15 is 0 Å². The highest BCUT2D eigenvalue weighted by Crippen LogP contribution is 2.46. The summed E-state index contributed by atoms with van der Waals surface area (Å²) in [6, 6.07) is 14.6. The average molecular weight is 322 g/mol. The molecule has 2 aromatic carbocycles. The lowest BCUT2D eigenvalue weighted by atomic mass is 9.96. The molecule has 0 saturated carbocycles. The molecular formula is C19H18N2OS. The van der Waals surface area contributed by atoms with E-state index in [-0.39, 0.29) is 5.91 Å². The number of hydrogen-bond acceptors (Lipinski definition) is 3. The molecular weight excluding hydrogens is 304 g/mol. The lowest BCUT2D eigenvalue weighted by Crippen LogP contribution is -2.18. The molecule has 4 rings (SSSR count). The van der Waals surface area contributed by atoms with E-state index in [4.69, 9.17) is 0 Å². The van der Waals surface area contributed by atoms with Gasteiger partial charge in [0.25, 0.3) is 5.91 Å². The fourth-order valence-corrected chi connectivity index (χ4v) is 4.46. The van der Waals surface area contributed by atoms with Crippen molar-refractivity contribution in [1.82, 2.24) is 10.2 Å². The first-order chi connectivity index (χ1) is 11.2. The Balaban J connectivity index is 1.94. The summed E-state index contributed by atoms with van der Waals surface area (Å²) in [6.07, 6.45) is 0. The van der Waals surface area contributed by atoms with Crippen LogP contribution in [0, 0.1) is 0 Å². The van der Waals surface area contributed by atoms with E-state index in [1.807, 2.05) is 12.1 Å². The molecule has 23 heavy (non-hydrogen) atoms. The van der Waals surface area contributed by atoms with Crippen molar-refractivity contribution in [2.75, 3.05) is 27.2 Å². The van der Waals surface area contributed by atoms with E-state index in [9.17, 15) is 4.79 Å². The van der Waals surface area contributed by atoms with Gasteiger partial charge >= 0.3 is 0 Å². The summed E-state index contributed by atoms with van der Waals surface area (Å²) in [7, 11) is 3.82. The number of fused-ring (bicyclic) bond motifs is 4. The lowest BCUT2D eigenvalue weighted by Gasteiger charge is -2.13. The Morgan fingerprint density at radius 1 is 1.04 bits per heavy atom. The first-order valence-corrected chi connectivity index (χ1v) is 8.53. The summed E-state index contributed by atoms with van der Waals surface area (Å²) in [5, 5.41) is 2.72. The summed E-state index contributed by atoms with van der Waals surface area (Å²) in [5.41, 5.74) is 5.99. The highest BCUT2D eigenvalue weighted by molar-refractivity contribution is 7.99. The molecule has 0 unspecified atom stereocenters. The van der Waals surface area contributed by atoms with Crippen LogP contribution in [0.2, 0.25) is 0 Å². The minimum Gasteiger partial charge on any atom is -0.355 e. The number of likely N-dealkylation sites (N-methyl/N-ethyl adjacent to an activating group) is 1. The van der Waals surface area contributed by atoms with Gasteiger partial charge in [-0.3, -0.25) is 9.69 Å². The molecule has 0 spiro atoms. The van der Waals surface area contributed by atoms with E-state index in [1.54, 1.807) is 18.8 Å². The zero-order valence-electron chi connectivity index (χ0n) is 13.2. The molecule has 2 heterocycles. The molecule has 0 radical (unpaired) electrons. The van der Waals surface area contributed by atoms with E-state index in [0.29, 0.717) is 0 Å². The van der Waals surface area contributed by atoms with Crippen LogP contribution in [-0.2, 0) is 0 Å². The van der Waals surface area contributed by atoms with E-state index in [2.05, 4.69) is 47.6 Å². The van der Waals surface area contributed by atoms with Gasteiger partial charge in [0.2, 0.25) is 0 Å². The van der Waals surface area contributed by atoms with Crippen LogP contribution in [0.5, 0.6) is 0 Å². The SMILES string of the molecule is CNC(=O)c1ccc2c(c1)C1=C(CN(C)C1)c1ccccc1S2. The van der Waals surface area contributed by atoms with Gasteiger partial charge in [0.05, 0.1) is 0 Å². The smallest absolute Gasteiger partial charge is 0.251 e. The molecule has 2 aromatic rings. The highest BCUT2D eigenvalue weighted by Gasteiger charge is 2.28. The number of carbonyl (C=O) groups is 1. The Labute approximate surface area is 140 Å². The predicted molar refractivity (Wildman–Crippen MR) is 94.7 cm³/mol. The summed E-state index contributed by atoms with van der Waals surface area (Å²) in [4.78, 5) is 16.9. The summed E-state index contributed by atoms with van der Waals surface area (Å²) in [5.74, 6) is -0.0342. The van der Waals surface area contributed by atoms with Crippen LogP contribution in [0.15, 0.2) is 52.3 Å². The zero-order valence-corrected chi connectivity index (χ0v) is 14.0. The van der Waals surface area contributed by atoms with E-state index < -0.39 is 0 Å². The van der Waals surface area contributed by atoms with Crippen LogP contribution in [0.1, 0.15) is 21.5 Å². The number of rotatable bonds is 1. The predicted octanol–water partition coefficient (Wildman–Crippen LogP) is 3.37. The molecule has 1 amide bonds. The molecule has 2 aliphatic heterocycles. The third kappa shape index (κ3) is 2.38. The number of amides is 1. The second-order valence-corrected chi connectivity index (χ2v) is 7.10. The van der Waals surface area contributed by atoms with Gasteiger partial charge in [-0.15, -0.1) is 0 Å². The lowest BCUT2D eigenvalue weighted by molar-refractivity contribution is 0.0963. The van der Waals surface area contributed by atoms with Crippen molar-refractivity contribution in [3.8, 4) is 0 Å². The Morgan fingerprint density at radius 3 is 2.52 bits per heavy atom. The second kappa shape index (κ2) is 5.55. The maximum Gasteiger partial charge on any atom is 0.251 e. The Kier molecular flexibility index (Phi) is 3.51. The third-order valence-corrected chi connectivity index (χ3v) is 5.60. The monoisotopic (exact) mass is 322 g/mol. The van der Waals surface area contributed by atoms with Crippen molar-refractivity contribution in [2.24, 2.45) is 0 Å². The van der Waals surface area contributed by atoms with Gasteiger partial charge in [-0.05, 0) is 53.6 Å². The topological polar surface area (TPSA) is 32.3 Å². The van der Waals surface area contributed by atoms with Crippen molar-refractivity contribution in [3.63, 3.8) is 0 Å². The Bertz CT molecular complexity index is 841. The van der Waals surface area contributed by atoms with Crippen LogP contribution in [0.25, 0.3) is 11.1 Å². The fourth-order valence-electron chi connectivity index (χ4n) is 3.35. The standard InChI is InChI=1S/C19H18N2OS/c1-20-19(22)12-7-8-18-14(9-12)16-11-21(2)10-15(16)13-5-3-4-6-17(13)23-18/h3-9H,10-11H2,1-2H3,(H,20,22). The maximum atomic E-state index is 12.0. The number of benzene rings is 2. The number of carbonyl (C=O) groups excluding carboxylic acids is 1. The van der Waals surface area contributed by atoms with Crippen LogP contribution < -0.4 is 5.32 Å². The largest absolute Gasteiger partial charge is 0.355 e. The van der Waals surface area contributed by atoms with Crippen LogP contribution in [-0.4, -0.2) is 38.0 Å². The average Bonchev–Trinajstić information content (AvgIpc) is 2.91. The molecule has 0 fully saturated rings. The molecule has 116 valence electrons. The summed E-state index contributed by atoms with van der Waals surface area (Å²) < 4.78 is 0. The second-order valence-electron chi connectivity index (χ2n) is 6.02. The minimum absolute atomic E-state index is 0.0342. The van der Waals surface area contributed by atoms with Gasteiger partial charge in [0.1, 0.15) is 0 Å². The van der Waals surface area contributed by atoms with Crippen molar-refractivity contribution < 1.29 is 4.79 Å². The third-order valence-electron chi connectivity index (χ3n) is 4.45. The molecule has 0 aromatic heterocycles. The molecule has 0 saturated heterocycles. The van der Waals surface area contributed by atoms with Crippen molar-refractivity contribution in [2.45, 2.75) is 9.79 Å². The fraction of sp³-hybridized carbons (Fsp3) is 0.211. The quantitative estimate of drug-likeness (QED) is 0.874. The van der Waals surface area contributed by atoms with Gasteiger partial charge in [-0.2, -0.15) is 0 Å². The molecule has 0 atom stereocenters. The van der Waals surface area contributed by atoms with Crippen LogP contribution in [0.4, 0.5) is 0 Å². The molecule has 3 nitrogen and oxygen atoms in total. The van der Waals surface area contributed by atoms with Gasteiger partial charge in [-0.1, -0.05) is 30.0 Å².